The summed E-state index contributed by atoms with van der Waals surface area (Å²) in [4.78, 5) is 12.2. The Morgan fingerprint density at radius 1 is 1.11 bits per heavy atom. The van der Waals surface area contributed by atoms with Crippen LogP contribution in [0, 0.1) is 0 Å². The molecule has 0 spiro atoms. The van der Waals surface area contributed by atoms with Crippen LogP contribution in [0.1, 0.15) is 37.4 Å². The maximum Gasteiger partial charge on any atom is 0.240 e. The molecule has 0 aromatic heterocycles. The molecule has 6 heteroatoms. The van der Waals surface area contributed by atoms with E-state index in [1.165, 1.54) is 11.9 Å². The predicted octanol–water partition coefficient (Wildman–Crippen LogP) is 3.80. The molecule has 0 saturated carbocycles. The quantitative estimate of drug-likeness (QED) is 0.778. The number of carbonyl (C=O) groups excluding carboxylic acids is 1. The number of carbonyl (C=O) groups is 1. The van der Waals surface area contributed by atoms with Gasteiger partial charge in [0.2, 0.25) is 5.91 Å². The van der Waals surface area contributed by atoms with Crippen LogP contribution in [0.15, 0.2) is 47.6 Å². The molecule has 142 valence electrons. The molecule has 0 aliphatic carbocycles. The molecule has 1 aliphatic rings. The van der Waals surface area contributed by atoms with Crippen molar-refractivity contribution in [2.45, 2.75) is 26.3 Å². The van der Waals surface area contributed by atoms with Gasteiger partial charge in [-0.15, -0.1) is 0 Å². The Kier molecular flexibility index (Phi) is 5.64. The molecule has 27 heavy (non-hydrogen) atoms. The van der Waals surface area contributed by atoms with Gasteiger partial charge in [-0.05, 0) is 31.2 Å². The van der Waals surface area contributed by atoms with Gasteiger partial charge in [0.05, 0.1) is 32.6 Å². The van der Waals surface area contributed by atoms with Gasteiger partial charge >= 0.3 is 0 Å². The minimum absolute atomic E-state index is 0.109. The van der Waals surface area contributed by atoms with Crippen LogP contribution >= 0.6 is 0 Å². The maximum absolute atomic E-state index is 12.2. The van der Waals surface area contributed by atoms with E-state index in [1.807, 2.05) is 49.4 Å². The smallest absolute Gasteiger partial charge is 0.240 e. The molecule has 3 rings (SSSR count). The zero-order chi connectivity index (χ0) is 19.4. The number of para-hydroxylation sites is 1. The Labute approximate surface area is 159 Å². The van der Waals surface area contributed by atoms with E-state index in [1.54, 1.807) is 14.2 Å². The van der Waals surface area contributed by atoms with Crippen LogP contribution in [0.2, 0.25) is 0 Å². The molecular weight excluding hydrogens is 344 g/mol. The largest absolute Gasteiger partial charge is 0.494 e. The minimum Gasteiger partial charge on any atom is -0.494 e. The van der Waals surface area contributed by atoms with Crippen LogP contribution in [0.4, 0.5) is 0 Å². The molecule has 2 aromatic rings. The van der Waals surface area contributed by atoms with Gasteiger partial charge in [-0.1, -0.05) is 18.2 Å². The van der Waals surface area contributed by atoms with Crippen LogP contribution in [0.3, 0.4) is 0 Å². The summed E-state index contributed by atoms with van der Waals surface area (Å²) in [5.74, 6) is 1.95. The number of hydrogen-bond donors (Lipinski definition) is 0. The van der Waals surface area contributed by atoms with Crippen molar-refractivity contribution in [3.8, 4) is 17.2 Å². The van der Waals surface area contributed by atoms with Gasteiger partial charge < -0.3 is 14.2 Å². The van der Waals surface area contributed by atoms with E-state index in [4.69, 9.17) is 14.2 Å². The van der Waals surface area contributed by atoms with E-state index in [9.17, 15) is 4.79 Å². The summed E-state index contributed by atoms with van der Waals surface area (Å²) >= 11 is 0. The number of benzene rings is 2. The molecule has 1 heterocycles. The molecule has 2 aromatic carbocycles. The van der Waals surface area contributed by atoms with Crippen molar-refractivity contribution in [2.24, 2.45) is 5.10 Å². The molecule has 0 bridgehead atoms. The number of rotatable bonds is 6. The fourth-order valence-corrected chi connectivity index (χ4v) is 3.28. The number of hydrogen-bond acceptors (Lipinski definition) is 5. The lowest BCUT2D eigenvalue weighted by Crippen LogP contribution is -2.24. The summed E-state index contributed by atoms with van der Waals surface area (Å²) < 4.78 is 16.5. The van der Waals surface area contributed by atoms with E-state index in [-0.39, 0.29) is 11.9 Å². The molecule has 6 nitrogen and oxygen atoms in total. The van der Waals surface area contributed by atoms with Crippen molar-refractivity contribution < 1.29 is 19.0 Å². The van der Waals surface area contributed by atoms with E-state index in [2.05, 4.69) is 5.10 Å². The van der Waals surface area contributed by atoms with Crippen molar-refractivity contribution in [3.63, 3.8) is 0 Å². The predicted molar refractivity (Wildman–Crippen MR) is 104 cm³/mol. The van der Waals surface area contributed by atoms with Crippen LogP contribution < -0.4 is 14.2 Å². The Balaban J connectivity index is 1.97. The third kappa shape index (κ3) is 3.74. The Morgan fingerprint density at radius 2 is 1.85 bits per heavy atom. The second kappa shape index (κ2) is 8.12. The third-order valence-corrected chi connectivity index (χ3v) is 4.53. The molecule has 1 atom stereocenters. The lowest BCUT2D eigenvalue weighted by molar-refractivity contribution is -0.130. The number of hydrazone groups is 1. The van der Waals surface area contributed by atoms with Crippen LogP contribution in [-0.4, -0.2) is 37.5 Å². The van der Waals surface area contributed by atoms with Crippen LogP contribution in [-0.2, 0) is 4.79 Å². The minimum atomic E-state index is -0.201. The first-order valence-corrected chi connectivity index (χ1v) is 8.90. The highest BCUT2D eigenvalue weighted by Gasteiger charge is 2.33. The highest BCUT2D eigenvalue weighted by Crippen LogP contribution is 2.38. The number of methoxy groups -OCH3 is 2. The van der Waals surface area contributed by atoms with Crippen molar-refractivity contribution >= 4 is 11.6 Å². The number of amides is 1. The summed E-state index contributed by atoms with van der Waals surface area (Å²) in [6.07, 6.45) is 0.596. The van der Waals surface area contributed by atoms with Crippen molar-refractivity contribution in [1.82, 2.24) is 5.01 Å². The highest BCUT2D eigenvalue weighted by atomic mass is 16.5. The van der Waals surface area contributed by atoms with E-state index >= 15 is 0 Å². The first-order chi connectivity index (χ1) is 13.1. The normalized spacial score (nSPS) is 16.1. The van der Waals surface area contributed by atoms with Gasteiger partial charge in [0.25, 0.3) is 0 Å². The second-order valence-corrected chi connectivity index (χ2v) is 6.17. The van der Waals surface area contributed by atoms with Gasteiger partial charge in [-0.25, -0.2) is 5.01 Å². The summed E-state index contributed by atoms with van der Waals surface area (Å²) in [6.45, 7) is 4.03. The molecule has 1 aliphatic heterocycles. The average Bonchev–Trinajstić information content (AvgIpc) is 3.13. The first-order valence-electron chi connectivity index (χ1n) is 8.90. The number of ether oxygens (including phenoxy) is 3. The van der Waals surface area contributed by atoms with Crippen molar-refractivity contribution in [3.05, 3.63) is 53.6 Å². The van der Waals surface area contributed by atoms with E-state index in [0.717, 1.165) is 22.6 Å². The summed E-state index contributed by atoms with van der Waals surface area (Å²) in [7, 11) is 3.20. The summed E-state index contributed by atoms with van der Waals surface area (Å²) in [5, 5.41) is 6.13. The van der Waals surface area contributed by atoms with Gasteiger partial charge in [0.1, 0.15) is 5.75 Å². The average molecular weight is 368 g/mol. The molecule has 0 radical (unpaired) electrons. The third-order valence-electron chi connectivity index (χ3n) is 4.53. The zero-order valence-corrected chi connectivity index (χ0v) is 16.1. The molecule has 1 unspecified atom stereocenters. The standard InChI is InChI=1S/C21H24N2O4/c1-5-27-19-9-7-6-8-16(19)18-13-17(22-23(18)14(2)24)15-10-11-20(25-3)21(12-15)26-4/h6-12,18H,5,13H2,1-4H3. The van der Waals surface area contributed by atoms with E-state index in [0.29, 0.717) is 24.5 Å². The van der Waals surface area contributed by atoms with Crippen LogP contribution in [0.5, 0.6) is 17.2 Å². The van der Waals surface area contributed by atoms with Gasteiger partial charge in [0.15, 0.2) is 11.5 Å². The first kappa shape index (κ1) is 18.8. The highest BCUT2D eigenvalue weighted by molar-refractivity contribution is 6.03. The van der Waals surface area contributed by atoms with Crippen molar-refractivity contribution in [1.29, 1.82) is 0 Å². The second-order valence-electron chi connectivity index (χ2n) is 6.17. The molecule has 1 amide bonds. The van der Waals surface area contributed by atoms with E-state index < -0.39 is 0 Å². The molecule has 0 N–H and O–H groups in total. The van der Waals surface area contributed by atoms with Crippen molar-refractivity contribution in [2.75, 3.05) is 20.8 Å². The maximum atomic E-state index is 12.2. The Hall–Kier alpha value is -3.02. The van der Waals surface area contributed by atoms with Gasteiger partial charge in [-0.2, -0.15) is 5.10 Å². The zero-order valence-electron chi connectivity index (χ0n) is 16.1. The fraction of sp³-hybridized carbons (Fsp3) is 0.333. The van der Waals surface area contributed by atoms with Gasteiger partial charge in [0, 0.05) is 24.5 Å². The fourth-order valence-electron chi connectivity index (χ4n) is 3.28. The van der Waals surface area contributed by atoms with Crippen LogP contribution in [0.25, 0.3) is 0 Å². The summed E-state index contributed by atoms with van der Waals surface area (Å²) in [6, 6.07) is 13.2. The lowest BCUT2D eigenvalue weighted by atomic mass is 9.97. The number of nitrogens with zero attached hydrogens (tertiary/aromatic N) is 2. The molecular formula is C21H24N2O4. The molecule has 0 saturated heterocycles. The lowest BCUT2D eigenvalue weighted by Gasteiger charge is -2.22. The SMILES string of the molecule is CCOc1ccccc1C1CC(c2ccc(OC)c(OC)c2)=NN1C(C)=O. The molecule has 0 fully saturated rings. The monoisotopic (exact) mass is 368 g/mol. The topological polar surface area (TPSA) is 60.4 Å². The Morgan fingerprint density at radius 3 is 2.52 bits per heavy atom. The Bertz CT molecular complexity index is 863. The van der Waals surface area contributed by atoms with Gasteiger partial charge in [-0.3, -0.25) is 4.79 Å². The summed E-state index contributed by atoms with van der Waals surface area (Å²) in [5.41, 5.74) is 2.67.